The van der Waals surface area contributed by atoms with Crippen molar-refractivity contribution in [3.8, 4) is 0 Å². The van der Waals surface area contributed by atoms with Gasteiger partial charge < -0.3 is 19.7 Å². The van der Waals surface area contributed by atoms with E-state index in [0.717, 1.165) is 50.5 Å². The Labute approximate surface area is 217 Å². The molecule has 0 bridgehead atoms. The maximum atomic E-state index is 12.6. The number of hydrogen-bond donors (Lipinski definition) is 1. The van der Waals surface area contributed by atoms with Crippen LogP contribution in [0.2, 0.25) is 0 Å². The van der Waals surface area contributed by atoms with Crippen LogP contribution in [0.4, 0.5) is 4.79 Å². The van der Waals surface area contributed by atoms with Crippen LogP contribution in [0.15, 0.2) is 24.3 Å². The molecule has 0 spiro atoms. The average Bonchev–Trinajstić information content (AvgIpc) is 3.20. The lowest BCUT2D eigenvalue weighted by Crippen LogP contribution is -2.36. The van der Waals surface area contributed by atoms with Crippen molar-refractivity contribution in [2.75, 3.05) is 13.1 Å². The van der Waals surface area contributed by atoms with E-state index in [1.54, 1.807) is 4.90 Å². The van der Waals surface area contributed by atoms with E-state index in [1.165, 1.54) is 37.7 Å². The molecule has 2 aliphatic carbocycles. The number of ether oxygens (including phenoxy) is 2. The summed E-state index contributed by atoms with van der Waals surface area (Å²) < 4.78 is 12.0. The molecule has 3 aliphatic rings. The van der Waals surface area contributed by atoms with Gasteiger partial charge in [-0.3, -0.25) is 4.79 Å². The molecule has 0 aromatic heterocycles. The largest absolute Gasteiger partial charge is 0.444 e. The first kappa shape index (κ1) is 27.0. The van der Waals surface area contributed by atoms with E-state index >= 15 is 0 Å². The third-order valence-corrected chi connectivity index (χ3v) is 7.90. The minimum atomic E-state index is -0.464. The Balaban J connectivity index is 1.19. The van der Waals surface area contributed by atoms with Crippen LogP contribution >= 0.6 is 0 Å². The van der Waals surface area contributed by atoms with Crippen LogP contribution in [0, 0.1) is 5.92 Å². The van der Waals surface area contributed by atoms with Crippen LogP contribution in [-0.2, 0) is 15.9 Å². The second-order valence-electron chi connectivity index (χ2n) is 12.2. The summed E-state index contributed by atoms with van der Waals surface area (Å²) in [4.78, 5) is 26.7. The number of carbonyl (C=O) groups is 2. The molecule has 0 radical (unpaired) electrons. The van der Waals surface area contributed by atoms with E-state index < -0.39 is 5.60 Å². The van der Waals surface area contributed by atoms with E-state index in [2.05, 4.69) is 17.4 Å². The van der Waals surface area contributed by atoms with Crippen molar-refractivity contribution in [3.63, 3.8) is 0 Å². The molecular weight excluding hydrogens is 452 g/mol. The van der Waals surface area contributed by atoms with Gasteiger partial charge in [-0.05, 0) is 89.3 Å². The first-order valence-corrected chi connectivity index (χ1v) is 14.3. The molecule has 1 heterocycles. The van der Waals surface area contributed by atoms with Gasteiger partial charge in [-0.2, -0.15) is 0 Å². The number of nitrogens with zero attached hydrogens (tertiary/aromatic N) is 1. The van der Waals surface area contributed by atoms with Gasteiger partial charge in [0.25, 0.3) is 5.91 Å². The Bertz CT molecular complexity index is 857. The summed E-state index contributed by atoms with van der Waals surface area (Å²) >= 11 is 0. The number of hydrogen-bond acceptors (Lipinski definition) is 4. The van der Waals surface area contributed by atoms with Crippen molar-refractivity contribution in [1.29, 1.82) is 0 Å². The van der Waals surface area contributed by atoms with E-state index in [4.69, 9.17) is 9.47 Å². The second kappa shape index (κ2) is 12.4. The van der Waals surface area contributed by atoms with Gasteiger partial charge in [-0.1, -0.05) is 44.2 Å². The van der Waals surface area contributed by atoms with Gasteiger partial charge >= 0.3 is 6.09 Å². The third-order valence-electron chi connectivity index (χ3n) is 7.90. The molecule has 3 atom stereocenters. The Morgan fingerprint density at radius 1 is 0.889 bits per heavy atom. The minimum Gasteiger partial charge on any atom is -0.444 e. The topological polar surface area (TPSA) is 67.9 Å². The van der Waals surface area contributed by atoms with Crippen LogP contribution < -0.4 is 5.32 Å². The second-order valence-corrected chi connectivity index (χ2v) is 12.2. The summed E-state index contributed by atoms with van der Waals surface area (Å²) in [5, 5.41) is 3.22. The van der Waals surface area contributed by atoms with Crippen LogP contribution in [0.25, 0.3) is 0 Å². The molecule has 200 valence electrons. The molecule has 6 heteroatoms. The van der Waals surface area contributed by atoms with E-state index in [-0.39, 0.29) is 24.2 Å². The van der Waals surface area contributed by atoms with E-state index in [0.29, 0.717) is 25.0 Å². The number of amides is 2. The highest BCUT2D eigenvalue weighted by Gasteiger charge is 2.32. The molecule has 1 aromatic carbocycles. The fraction of sp³-hybridized carbons (Fsp3) is 0.733. The maximum Gasteiger partial charge on any atom is 0.410 e. The highest BCUT2D eigenvalue weighted by molar-refractivity contribution is 5.94. The number of benzene rings is 1. The Kier molecular flexibility index (Phi) is 9.32. The Morgan fingerprint density at radius 2 is 1.64 bits per heavy atom. The standard InChI is InChI=1S/C30H46N2O4/c1-30(2,3)36-29(34)32-19-18-27(21-32)35-26-11-7-8-22(14-17-26)20-23-12-15-24(16-13-23)28(33)31-25-9-5-4-6-10-25/h12-13,15-16,22,25-27H,4-11,14,17-21H2,1-3H3,(H,31,33)/t22?,26?,27-/m1/s1. The molecule has 4 rings (SSSR count). The van der Waals surface area contributed by atoms with Crippen molar-refractivity contribution >= 4 is 12.0 Å². The summed E-state index contributed by atoms with van der Waals surface area (Å²) in [7, 11) is 0. The molecule has 1 aliphatic heterocycles. The monoisotopic (exact) mass is 498 g/mol. The van der Waals surface area contributed by atoms with Gasteiger partial charge in [0.05, 0.1) is 18.8 Å². The van der Waals surface area contributed by atoms with Crippen molar-refractivity contribution in [2.45, 2.75) is 122 Å². The molecule has 1 saturated heterocycles. The average molecular weight is 499 g/mol. The molecule has 36 heavy (non-hydrogen) atoms. The van der Waals surface area contributed by atoms with Crippen LogP contribution in [0.5, 0.6) is 0 Å². The zero-order valence-electron chi connectivity index (χ0n) is 22.6. The zero-order chi connectivity index (χ0) is 25.5. The maximum absolute atomic E-state index is 12.6. The molecule has 2 unspecified atom stereocenters. The van der Waals surface area contributed by atoms with Gasteiger partial charge in [0.15, 0.2) is 0 Å². The first-order chi connectivity index (χ1) is 17.2. The molecule has 3 fully saturated rings. The number of nitrogens with one attached hydrogen (secondary N) is 1. The van der Waals surface area contributed by atoms with Crippen LogP contribution in [0.1, 0.15) is 107 Å². The number of likely N-dealkylation sites (tertiary alicyclic amines) is 1. The van der Waals surface area contributed by atoms with E-state index in [1.807, 2.05) is 32.9 Å². The van der Waals surface area contributed by atoms with Crippen LogP contribution in [-0.4, -0.2) is 53.8 Å². The Morgan fingerprint density at radius 3 is 2.36 bits per heavy atom. The highest BCUT2D eigenvalue weighted by atomic mass is 16.6. The fourth-order valence-corrected chi connectivity index (χ4v) is 5.93. The molecule has 2 amide bonds. The molecule has 2 saturated carbocycles. The number of rotatable bonds is 6. The van der Waals surface area contributed by atoms with Crippen molar-refractivity contribution < 1.29 is 19.1 Å². The molecule has 6 nitrogen and oxygen atoms in total. The van der Waals surface area contributed by atoms with Gasteiger partial charge in [0.2, 0.25) is 0 Å². The minimum absolute atomic E-state index is 0.0695. The van der Waals surface area contributed by atoms with Gasteiger partial charge in [-0.25, -0.2) is 4.79 Å². The SMILES string of the molecule is CC(C)(C)OC(=O)N1CC[C@@H](OC2CCCC(Cc3ccc(C(=O)NC4CCCCC4)cc3)CC2)C1. The predicted molar refractivity (Wildman–Crippen MR) is 142 cm³/mol. The zero-order valence-corrected chi connectivity index (χ0v) is 22.6. The third kappa shape index (κ3) is 8.22. The highest BCUT2D eigenvalue weighted by Crippen LogP contribution is 2.30. The number of carbonyl (C=O) groups excluding carboxylic acids is 2. The van der Waals surface area contributed by atoms with Gasteiger partial charge in [0, 0.05) is 18.2 Å². The lowest BCUT2D eigenvalue weighted by Gasteiger charge is -2.25. The van der Waals surface area contributed by atoms with Gasteiger partial charge in [-0.15, -0.1) is 0 Å². The normalized spacial score (nSPS) is 25.9. The quantitative estimate of drug-likeness (QED) is 0.470. The summed E-state index contributed by atoms with van der Waals surface area (Å²) in [5.74, 6) is 0.724. The van der Waals surface area contributed by atoms with Crippen molar-refractivity contribution in [1.82, 2.24) is 10.2 Å². The summed E-state index contributed by atoms with van der Waals surface area (Å²) in [6.07, 6.45) is 13.8. The first-order valence-electron chi connectivity index (χ1n) is 14.3. The van der Waals surface area contributed by atoms with Crippen molar-refractivity contribution in [3.05, 3.63) is 35.4 Å². The smallest absolute Gasteiger partial charge is 0.410 e. The lowest BCUT2D eigenvalue weighted by atomic mass is 9.92. The predicted octanol–water partition coefficient (Wildman–Crippen LogP) is 6.27. The van der Waals surface area contributed by atoms with Crippen LogP contribution in [0.3, 0.4) is 0 Å². The molecule has 1 aromatic rings. The fourth-order valence-electron chi connectivity index (χ4n) is 5.93. The summed E-state index contributed by atoms with van der Waals surface area (Å²) in [5.41, 5.74) is 1.63. The van der Waals surface area contributed by atoms with Gasteiger partial charge in [0.1, 0.15) is 5.60 Å². The van der Waals surface area contributed by atoms with Crippen molar-refractivity contribution in [2.24, 2.45) is 5.92 Å². The molecule has 1 N–H and O–H groups in total. The summed E-state index contributed by atoms with van der Waals surface area (Å²) in [6.45, 7) is 7.06. The van der Waals surface area contributed by atoms with E-state index in [9.17, 15) is 9.59 Å². The Hall–Kier alpha value is -2.08. The summed E-state index contributed by atoms with van der Waals surface area (Å²) in [6, 6.07) is 8.60. The molecular formula is C30H46N2O4. The lowest BCUT2D eigenvalue weighted by molar-refractivity contribution is -0.0174.